The van der Waals surface area contributed by atoms with Crippen molar-refractivity contribution in [2.75, 3.05) is 0 Å². The van der Waals surface area contributed by atoms with Crippen molar-refractivity contribution in [3.8, 4) is 5.69 Å². The Bertz CT molecular complexity index is 627. The Labute approximate surface area is 93.7 Å². The van der Waals surface area contributed by atoms with Gasteiger partial charge in [-0.3, -0.25) is 5.10 Å². The molecule has 3 aromatic rings. The smallest absolute Gasteiger partial charge is 0.0671 e. The van der Waals surface area contributed by atoms with Crippen LogP contribution in [0.15, 0.2) is 36.5 Å². The van der Waals surface area contributed by atoms with Gasteiger partial charge in [-0.25, -0.2) is 0 Å². The first kappa shape index (κ1) is 9.21. The molecule has 0 bridgehead atoms. The molecule has 80 valence electrons. The molecule has 0 aliphatic carbocycles. The number of rotatable bonds is 1. The molecule has 0 unspecified atom stereocenters. The number of aryl methyl sites for hydroxylation is 2. The van der Waals surface area contributed by atoms with Gasteiger partial charge in [0.05, 0.1) is 11.7 Å². The minimum absolute atomic E-state index is 1.07. The van der Waals surface area contributed by atoms with Crippen LogP contribution in [-0.2, 0) is 0 Å². The largest absolute Gasteiger partial charge is 0.318 e. The van der Waals surface area contributed by atoms with E-state index in [1.165, 1.54) is 17.1 Å². The highest BCUT2D eigenvalue weighted by atomic mass is 15.1. The van der Waals surface area contributed by atoms with E-state index in [9.17, 15) is 0 Å². The van der Waals surface area contributed by atoms with Gasteiger partial charge in [0, 0.05) is 22.5 Å². The van der Waals surface area contributed by atoms with Crippen molar-refractivity contribution >= 4 is 10.9 Å². The second-order valence-corrected chi connectivity index (χ2v) is 4.09. The minimum atomic E-state index is 1.07. The lowest BCUT2D eigenvalue weighted by Crippen LogP contribution is -1.98. The molecular weight excluding hydrogens is 198 g/mol. The number of nitrogens with zero attached hydrogens (tertiary/aromatic N) is 2. The zero-order valence-corrected chi connectivity index (χ0v) is 9.36. The predicted molar refractivity (Wildman–Crippen MR) is 64.9 cm³/mol. The summed E-state index contributed by atoms with van der Waals surface area (Å²) in [6.07, 6.45) is 1.84. The van der Waals surface area contributed by atoms with Gasteiger partial charge in [-0.05, 0) is 44.2 Å². The molecule has 0 saturated carbocycles. The maximum atomic E-state index is 4.03. The average Bonchev–Trinajstić information content (AvgIpc) is 2.85. The SMILES string of the molecule is Cc1ccc(C)n1-c1ccc2cn[nH]c2c1. The summed E-state index contributed by atoms with van der Waals surface area (Å²) in [4.78, 5) is 0. The van der Waals surface area contributed by atoms with Crippen molar-refractivity contribution in [3.05, 3.63) is 47.9 Å². The fourth-order valence-corrected chi connectivity index (χ4v) is 2.14. The first-order valence-electron chi connectivity index (χ1n) is 5.34. The number of nitrogens with one attached hydrogen (secondary N) is 1. The highest BCUT2D eigenvalue weighted by molar-refractivity contribution is 5.80. The number of H-pyrrole nitrogens is 1. The number of hydrogen-bond acceptors (Lipinski definition) is 1. The highest BCUT2D eigenvalue weighted by Gasteiger charge is 2.04. The van der Waals surface area contributed by atoms with Crippen LogP contribution in [0.1, 0.15) is 11.4 Å². The quantitative estimate of drug-likeness (QED) is 0.659. The number of fused-ring (bicyclic) bond motifs is 1. The van der Waals surface area contributed by atoms with Crippen molar-refractivity contribution in [3.63, 3.8) is 0 Å². The normalized spacial score (nSPS) is 11.1. The third-order valence-electron chi connectivity index (χ3n) is 2.95. The van der Waals surface area contributed by atoms with Crippen LogP contribution in [0.5, 0.6) is 0 Å². The van der Waals surface area contributed by atoms with E-state index in [-0.39, 0.29) is 0 Å². The second kappa shape index (κ2) is 3.23. The molecule has 0 aliphatic rings. The third-order valence-corrected chi connectivity index (χ3v) is 2.95. The van der Waals surface area contributed by atoms with Gasteiger partial charge in [0.1, 0.15) is 0 Å². The molecule has 0 radical (unpaired) electrons. The third kappa shape index (κ3) is 1.25. The van der Waals surface area contributed by atoms with E-state index >= 15 is 0 Å². The zero-order chi connectivity index (χ0) is 11.1. The van der Waals surface area contributed by atoms with Crippen molar-refractivity contribution in [2.45, 2.75) is 13.8 Å². The van der Waals surface area contributed by atoms with E-state index in [1.807, 2.05) is 6.20 Å². The molecule has 1 aromatic carbocycles. The van der Waals surface area contributed by atoms with E-state index < -0.39 is 0 Å². The van der Waals surface area contributed by atoms with Gasteiger partial charge >= 0.3 is 0 Å². The molecule has 0 amide bonds. The molecule has 2 aromatic heterocycles. The number of benzene rings is 1. The Hall–Kier alpha value is -2.03. The van der Waals surface area contributed by atoms with Gasteiger partial charge < -0.3 is 4.57 Å². The van der Waals surface area contributed by atoms with Crippen molar-refractivity contribution in [1.29, 1.82) is 0 Å². The van der Waals surface area contributed by atoms with Crippen LogP contribution < -0.4 is 0 Å². The zero-order valence-electron chi connectivity index (χ0n) is 9.36. The number of aromatic nitrogens is 3. The van der Waals surface area contributed by atoms with E-state index in [4.69, 9.17) is 0 Å². The molecule has 16 heavy (non-hydrogen) atoms. The van der Waals surface area contributed by atoms with E-state index in [1.54, 1.807) is 0 Å². The molecule has 0 atom stereocenters. The molecule has 1 N–H and O–H groups in total. The lowest BCUT2D eigenvalue weighted by atomic mass is 10.2. The van der Waals surface area contributed by atoms with Crippen molar-refractivity contribution in [2.24, 2.45) is 0 Å². The summed E-state index contributed by atoms with van der Waals surface area (Å²) in [5.41, 5.74) is 4.74. The topological polar surface area (TPSA) is 33.6 Å². The van der Waals surface area contributed by atoms with Crippen LogP contribution in [0.4, 0.5) is 0 Å². The maximum Gasteiger partial charge on any atom is 0.0671 e. The Morgan fingerprint density at radius 1 is 1.06 bits per heavy atom. The van der Waals surface area contributed by atoms with Crippen LogP contribution in [-0.4, -0.2) is 14.8 Å². The first-order valence-corrected chi connectivity index (χ1v) is 5.34. The fourth-order valence-electron chi connectivity index (χ4n) is 2.14. The van der Waals surface area contributed by atoms with Gasteiger partial charge in [0.15, 0.2) is 0 Å². The second-order valence-electron chi connectivity index (χ2n) is 4.09. The molecule has 3 rings (SSSR count). The van der Waals surface area contributed by atoms with Gasteiger partial charge in [-0.1, -0.05) is 0 Å². The highest BCUT2D eigenvalue weighted by Crippen LogP contribution is 2.20. The summed E-state index contributed by atoms with van der Waals surface area (Å²) in [6, 6.07) is 10.6. The number of hydrogen-bond donors (Lipinski definition) is 1. The lowest BCUT2D eigenvalue weighted by molar-refractivity contribution is 0.967. The summed E-state index contributed by atoms with van der Waals surface area (Å²) in [5, 5.41) is 8.18. The van der Waals surface area contributed by atoms with Crippen LogP contribution in [0.3, 0.4) is 0 Å². The molecule has 0 saturated heterocycles. The summed E-state index contributed by atoms with van der Waals surface area (Å²) >= 11 is 0. The van der Waals surface area contributed by atoms with E-state index in [0.717, 1.165) is 10.9 Å². The lowest BCUT2D eigenvalue weighted by Gasteiger charge is -2.09. The van der Waals surface area contributed by atoms with Crippen molar-refractivity contribution < 1.29 is 0 Å². The molecule has 2 heterocycles. The molecular formula is C13H13N3. The van der Waals surface area contributed by atoms with Gasteiger partial charge in [0.2, 0.25) is 0 Å². The van der Waals surface area contributed by atoms with E-state index in [0.29, 0.717) is 0 Å². The number of aromatic amines is 1. The monoisotopic (exact) mass is 211 g/mol. The first-order chi connectivity index (χ1) is 7.75. The van der Waals surface area contributed by atoms with Crippen molar-refractivity contribution in [1.82, 2.24) is 14.8 Å². The van der Waals surface area contributed by atoms with Gasteiger partial charge in [0.25, 0.3) is 0 Å². The molecule has 0 aliphatic heterocycles. The van der Waals surface area contributed by atoms with Crippen LogP contribution >= 0.6 is 0 Å². The average molecular weight is 211 g/mol. The standard InChI is InChI=1S/C13H13N3/c1-9-3-4-10(2)16(9)12-6-5-11-8-14-15-13(11)7-12/h3-8H,1-2H3,(H,14,15). The predicted octanol–water partition coefficient (Wildman–Crippen LogP) is 2.97. The van der Waals surface area contributed by atoms with Gasteiger partial charge in [-0.2, -0.15) is 5.10 Å². The summed E-state index contributed by atoms with van der Waals surface area (Å²) < 4.78 is 2.24. The maximum absolute atomic E-state index is 4.03. The molecule has 0 spiro atoms. The molecule has 0 fully saturated rings. The Kier molecular flexibility index (Phi) is 1.86. The summed E-state index contributed by atoms with van der Waals surface area (Å²) in [6.45, 7) is 4.23. The van der Waals surface area contributed by atoms with Crippen LogP contribution in [0.2, 0.25) is 0 Å². The van der Waals surface area contributed by atoms with Crippen LogP contribution in [0.25, 0.3) is 16.6 Å². The summed E-state index contributed by atoms with van der Waals surface area (Å²) in [7, 11) is 0. The Morgan fingerprint density at radius 2 is 1.81 bits per heavy atom. The van der Waals surface area contributed by atoms with Crippen LogP contribution in [0, 0.1) is 13.8 Å². The minimum Gasteiger partial charge on any atom is -0.318 e. The summed E-state index contributed by atoms with van der Waals surface area (Å²) in [5.74, 6) is 0. The molecule has 3 heteroatoms. The fraction of sp³-hybridized carbons (Fsp3) is 0.154. The Balaban J connectivity index is 2.25. The Morgan fingerprint density at radius 3 is 2.56 bits per heavy atom. The molecule has 3 nitrogen and oxygen atoms in total. The van der Waals surface area contributed by atoms with Gasteiger partial charge in [-0.15, -0.1) is 0 Å². The van der Waals surface area contributed by atoms with E-state index in [2.05, 4.69) is 58.9 Å².